The Morgan fingerprint density at radius 3 is 2.44 bits per heavy atom. The summed E-state index contributed by atoms with van der Waals surface area (Å²) >= 11 is 5.89. The monoisotopic (exact) mass is 495 g/mol. The number of nitrogens with zero attached hydrogens (tertiary/aromatic N) is 3. The van der Waals surface area contributed by atoms with Gasteiger partial charge in [0, 0.05) is 42.0 Å². The number of hydrogen-bond donors (Lipinski definition) is 2. The predicted molar refractivity (Wildman–Crippen MR) is 152 cm³/mol. The summed E-state index contributed by atoms with van der Waals surface area (Å²) in [5.74, 6) is 0. The maximum atomic E-state index is 5.89. The number of thiocarbonyl (C=S) groups is 1. The molecule has 3 heterocycles. The third-order valence-electron chi connectivity index (χ3n) is 7.02. The standard InChI is InChI=1S/C30H33N5S/c1-21-12-7-8-16-27(21)35-22(2)20-25(23(35)3)29-28(26-15-9-10-17-32-26)33-30(36)34(29)19-11-18-31-24-13-5-4-6-14-24/h4-10,12-17,20,28-29,31H,11,18-19H2,1-3H3,(H,33,36)/t28-,29-/m0/s1. The molecule has 1 saturated heterocycles. The van der Waals surface area contributed by atoms with E-state index < -0.39 is 0 Å². The number of hydrogen-bond acceptors (Lipinski definition) is 3. The maximum Gasteiger partial charge on any atom is 0.170 e. The van der Waals surface area contributed by atoms with Gasteiger partial charge < -0.3 is 20.1 Å². The summed E-state index contributed by atoms with van der Waals surface area (Å²) in [6.45, 7) is 8.32. The van der Waals surface area contributed by atoms with Gasteiger partial charge in [0.15, 0.2) is 5.11 Å². The second-order valence-corrected chi connectivity index (χ2v) is 9.80. The van der Waals surface area contributed by atoms with Crippen LogP contribution in [-0.4, -0.2) is 32.7 Å². The second-order valence-electron chi connectivity index (χ2n) is 9.41. The van der Waals surface area contributed by atoms with Crippen molar-refractivity contribution >= 4 is 23.0 Å². The molecule has 1 aliphatic rings. The van der Waals surface area contributed by atoms with Crippen molar-refractivity contribution in [3.05, 3.63) is 113 Å². The van der Waals surface area contributed by atoms with Crippen molar-refractivity contribution in [2.24, 2.45) is 0 Å². The molecule has 2 aromatic carbocycles. The molecule has 0 bridgehead atoms. The average molecular weight is 496 g/mol. The number of para-hydroxylation sites is 2. The first-order valence-corrected chi connectivity index (χ1v) is 13.0. The summed E-state index contributed by atoms with van der Waals surface area (Å²) in [5, 5.41) is 7.91. The van der Waals surface area contributed by atoms with E-state index in [0.29, 0.717) is 0 Å². The number of aryl methyl sites for hydroxylation is 2. The highest BCUT2D eigenvalue weighted by Gasteiger charge is 2.41. The fourth-order valence-electron chi connectivity index (χ4n) is 5.30. The molecule has 0 saturated carbocycles. The molecule has 184 valence electrons. The van der Waals surface area contributed by atoms with Gasteiger partial charge in [0.1, 0.15) is 0 Å². The minimum Gasteiger partial charge on any atom is -0.385 e. The van der Waals surface area contributed by atoms with Gasteiger partial charge in [0.05, 0.1) is 17.8 Å². The summed E-state index contributed by atoms with van der Waals surface area (Å²) in [6.07, 6.45) is 2.83. The van der Waals surface area contributed by atoms with Crippen LogP contribution in [-0.2, 0) is 0 Å². The van der Waals surface area contributed by atoms with Crippen molar-refractivity contribution in [3.8, 4) is 5.69 Å². The summed E-state index contributed by atoms with van der Waals surface area (Å²) in [7, 11) is 0. The molecule has 36 heavy (non-hydrogen) atoms. The second kappa shape index (κ2) is 10.5. The molecule has 0 unspecified atom stereocenters. The molecule has 4 aromatic rings. The molecule has 2 aromatic heterocycles. The van der Waals surface area contributed by atoms with E-state index in [4.69, 9.17) is 17.2 Å². The van der Waals surface area contributed by atoms with E-state index in [1.54, 1.807) is 0 Å². The number of benzene rings is 2. The van der Waals surface area contributed by atoms with Crippen LogP contribution in [0.5, 0.6) is 0 Å². The van der Waals surface area contributed by atoms with Gasteiger partial charge in [-0.1, -0.05) is 42.5 Å². The molecule has 2 atom stereocenters. The molecule has 0 radical (unpaired) electrons. The zero-order valence-electron chi connectivity index (χ0n) is 21.1. The summed E-state index contributed by atoms with van der Waals surface area (Å²) < 4.78 is 2.37. The van der Waals surface area contributed by atoms with Gasteiger partial charge in [0.25, 0.3) is 0 Å². The first-order valence-electron chi connectivity index (χ1n) is 12.6. The molecule has 2 N–H and O–H groups in total. The number of anilines is 1. The van der Waals surface area contributed by atoms with Crippen LogP contribution in [0.3, 0.4) is 0 Å². The zero-order valence-corrected chi connectivity index (χ0v) is 21.9. The molecule has 0 amide bonds. The van der Waals surface area contributed by atoms with E-state index in [1.165, 1.54) is 28.2 Å². The molecule has 5 rings (SSSR count). The molecular weight excluding hydrogens is 462 g/mol. The van der Waals surface area contributed by atoms with E-state index >= 15 is 0 Å². The van der Waals surface area contributed by atoms with Crippen molar-refractivity contribution in [1.29, 1.82) is 0 Å². The van der Waals surface area contributed by atoms with Gasteiger partial charge >= 0.3 is 0 Å². The third kappa shape index (κ3) is 4.73. The normalized spacial score (nSPS) is 17.3. The lowest BCUT2D eigenvalue weighted by molar-refractivity contribution is 0.315. The first kappa shape index (κ1) is 24.1. The molecule has 5 nitrogen and oxygen atoms in total. The van der Waals surface area contributed by atoms with E-state index in [0.717, 1.165) is 36.0 Å². The van der Waals surface area contributed by atoms with Crippen LogP contribution in [0.2, 0.25) is 0 Å². The SMILES string of the molecule is Cc1ccccc1-n1c(C)cc([C@H]2[C@H](c3ccccn3)NC(=S)N2CCCNc2ccccc2)c1C. The van der Waals surface area contributed by atoms with Gasteiger partial charge in [-0.15, -0.1) is 0 Å². The van der Waals surface area contributed by atoms with Gasteiger partial charge in [-0.05, 0) is 86.9 Å². The van der Waals surface area contributed by atoms with E-state index in [2.05, 4.69) is 102 Å². The molecule has 1 aliphatic heterocycles. The fourth-order valence-corrected chi connectivity index (χ4v) is 5.63. The van der Waals surface area contributed by atoms with Crippen LogP contribution < -0.4 is 10.6 Å². The molecule has 0 aliphatic carbocycles. The highest BCUT2D eigenvalue weighted by molar-refractivity contribution is 7.80. The molecule has 1 fully saturated rings. The van der Waals surface area contributed by atoms with E-state index in [9.17, 15) is 0 Å². The smallest absolute Gasteiger partial charge is 0.170 e. The van der Waals surface area contributed by atoms with Crippen LogP contribution >= 0.6 is 12.2 Å². The Labute approximate surface area is 219 Å². The van der Waals surface area contributed by atoms with Crippen molar-refractivity contribution in [1.82, 2.24) is 19.8 Å². The number of nitrogens with one attached hydrogen (secondary N) is 2. The Kier molecular flexibility index (Phi) is 7.05. The molecule has 6 heteroatoms. The highest BCUT2D eigenvalue weighted by Crippen LogP contribution is 2.41. The van der Waals surface area contributed by atoms with E-state index in [-0.39, 0.29) is 12.1 Å². The lowest BCUT2D eigenvalue weighted by Gasteiger charge is -2.28. The van der Waals surface area contributed by atoms with Gasteiger partial charge in [-0.25, -0.2) is 0 Å². The first-order chi connectivity index (χ1) is 17.5. The van der Waals surface area contributed by atoms with Crippen molar-refractivity contribution in [2.75, 3.05) is 18.4 Å². The Bertz CT molecular complexity index is 1330. The quantitative estimate of drug-likeness (QED) is 0.223. The largest absolute Gasteiger partial charge is 0.385 e. The number of pyridine rings is 1. The Morgan fingerprint density at radius 2 is 1.69 bits per heavy atom. The van der Waals surface area contributed by atoms with Gasteiger partial charge in [-0.3, -0.25) is 4.98 Å². The maximum absolute atomic E-state index is 5.89. The Morgan fingerprint density at radius 1 is 0.944 bits per heavy atom. The Hall–Kier alpha value is -3.64. The van der Waals surface area contributed by atoms with Gasteiger partial charge in [-0.2, -0.15) is 0 Å². The van der Waals surface area contributed by atoms with Crippen LogP contribution in [0.4, 0.5) is 5.69 Å². The van der Waals surface area contributed by atoms with Crippen molar-refractivity contribution in [3.63, 3.8) is 0 Å². The predicted octanol–water partition coefficient (Wildman–Crippen LogP) is 6.27. The molecular formula is C30H33N5S. The van der Waals surface area contributed by atoms with Crippen LogP contribution in [0.25, 0.3) is 5.69 Å². The van der Waals surface area contributed by atoms with E-state index in [1.807, 2.05) is 24.4 Å². The summed E-state index contributed by atoms with van der Waals surface area (Å²) in [4.78, 5) is 7.06. The van der Waals surface area contributed by atoms with Crippen LogP contribution in [0.15, 0.2) is 85.1 Å². The molecule has 0 spiro atoms. The average Bonchev–Trinajstić information content (AvgIpc) is 3.38. The summed E-state index contributed by atoms with van der Waals surface area (Å²) in [5.41, 5.74) is 8.39. The lowest BCUT2D eigenvalue weighted by Crippen LogP contribution is -2.31. The third-order valence-corrected chi connectivity index (χ3v) is 7.37. The topological polar surface area (TPSA) is 45.1 Å². The fraction of sp³-hybridized carbons (Fsp3) is 0.267. The Balaban J connectivity index is 1.46. The van der Waals surface area contributed by atoms with Crippen molar-refractivity contribution in [2.45, 2.75) is 39.3 Å². The minimum absolute atomic E-state index is 0.00778. The zero-order chi connectivity index (χ0) is 25.1. The highest BCUT2D eigenvalue weighted by atomic mass is 32.1. The van der Waals surface area contributed by atoms with Crippen LogP contribution in [0.1, 0.15) is 46.7 Å². The minimum atomic E-state index is -0.00778. The summed E-state index contributed by atoms with van der Waals surface area (Å²) in [6, 6.07) is 27.4. The number of rotatable bonds is 8. The number of aromatic nitrogens is 2. The lowest BCUT2D eigenvalue weighted by atomic mass is 9.96. The van der Waals surface area contributed by atoms with Crippen molar-refractivity contribution < 1.29 is 0 Å². The van der Waals surface area contributed by atoms with Crippen LogP contribution in [0, 0.1) is 20.8 Å². The van der Waals surface area contributed by atoms with Gasteiger partial charge in [0.2, 0.25) is 0 Å².